The minimum absolute atomic E-state index is 0.0473. The van der Waals surface area contributed by atoms with Crippen LogP contribution in [0.5, 0.6) is 17.2 Å². The van der Waals surface area contributed by atoms with E-state index in [1.807, 2.05) is 109 Å². The van der Waals surface area contributed by atoms with E-state index in [1.54, 1.807) is 51.0 Å². The highest BCUT2D eigenvalue weighted by Gasteiger charge is 2.31. The second-order valence-corrected chi connectivity index (χ2v) is 20.6. The Balaban J connectivity index is 0.000000134. The van der Waals surface area contributed by atoms with Crippen LogP contribution < -0.4 is 24.2 Å². The maximum absolute atomic E-state index is 12.7. The van der Waals surface area contributed by atoms with Crippen LogP contribution in [0.15, 0.2) is 144 Å². The topological polar surface area (TPSA) is 99.6 Å². The van der Waals surface area contributed by atoms with Gasteiger partial charge in [-0.3, -0.25) is 14.4 Å². The molecule has 3 amide bonds. The normalized spacial score (nSPS) is 13.1. The fourth-order valence-electron chi connectivity index (χ4n) is 8.35. The molecule has 0 aliphatic carbocycles. The van der Waals surface area contributed by atoms with Gasteiger partial charge in [0, 0.05) is 53.2 Å². The average molecular weight is 1090 g/mol. The van der Waals surface area contributed by atoms with Crippen LogP contribution in [0, 0.1) is 0 Å². The van der Waals surface area contributed by atoms with Crippen LogP contribution in [0.3, 0.4) is 0 Å². The summed E-state index contributed by atoms with van der Waals surface area (Å²) in [6, 6.07) is 41.2. The molecular formula is C55H48BrCl2N3O6S3. The molecular weight excluding hydrogens is 1050 g/mol. The van der Waals surface area contributed by atoms with E-state index in [-0.39, 0.29) is 28.8 Å². The summed E-state index contributed by atoms with van der Waals surface area (Å²) in [4.78, 5) is 43.3. The molecule has 6 heterocycles. The van der Waals surface area contributed by atoms with Crippen molar-refractivity contribution >= 4 is 138 Å². The lowest BCUT2D eigenvalue weighted by molar-refractivity contribution is 0.0988. The SMILES string of the molecule is CCBr.CCOc1ccc2c(c1)C(=O)N(c1ccc3sccc3c1)C2.CCOc1ccc2c(c1)C(=O)N(c1ccc3sccc3c1)C2.ClCCl.O=C1c2cc(O)ccc2CN1c1ccc2sccc2c1. The van der Waals surface area contributed by atoms with Gasteiger partial charge < -0.3 is 29.3 Å². The molecule has 1 N–H and O–H groups in total. The van der Waals surface area contributed by atoms with Gasteiger partial charge in [-0.2, -0.15) is 0 Å². The maximum atomic E-state index is 12.7. The summed E-state index contributed by atoms with van der Waals surface area (Å²) in [5, 5.41) is 20.5. The number of halogens is 3. The lowest BCUT2D eigenvalue weighted by Gasteiger charge is -2.15. The van der Waals surface area contributed by atoms with Gasteiger partial charge in [0.2, 0.25) is 0 Å². The largest absolute Gasteiger partial charge is 0.508 e. The van der Waals surface area contributed by atoms with E-state index >= 15 is 0 Å². The molecule has 0 saturated heterocycles. The molecule has 0 bridgehead atoms. The summed E-state index contributed by atoms with van der Waals surface area (Å²) in [5.74, 6) is 1.68. The van der Waals surface area contributed by atoms with Crippen molar-refractivity contribution in [1.82, 2.24) is 0 Å². The number of carbonyl (C=O) groups is 3. The Morgan fingerprint density at radius 2 is 0.829 bits per heavy atom. The maximum Gasteiger partial charge on any atom is 0.259 e. The number of fused-ring (bicyclic) bond motifs is 6. The van der Waals surface area contributed by atoms with Crippen molar-refractivity contribution in [3.8, 4) is 17.2 Å². The number of hydrogen-bond acceptors (Lipinski definition) is 9. The number of amides is 3. The Kier molecular flexibility index (Phi) is 16.8. The number of carbonyl (C=O) groups excluding carboxylic acids is 3. The Morgan fingerprint density at radius 3 is 1.17 bits per heavy atom. The number of nitrogens with zero attached hydrogens (tertiary/aromatic N) is 3. The van der Waals surface area contributed by atoms with Gasteiger partial charge in [0.1, 0.15) is 17.2 Å². The van der Waals surface area contributed by atoms with E-state index in [0.717, 1.165) is 67.1 Å². The standard InChI is InChI=1S/2C18H15NO2S.C16H11NO2S.C2H5Br.CH2Cl2/c2*1-2-21-15-5-3-13-11-19(18(20)16(13)10-15)14-4-6-17-12(9-14)7-8-22-17;18-13-3-1-11-9-17(16(19)14(11)8-13)12-2-4-15-10(7-12)5-6-20-15;1-2-3;2-1-3/h2*3-10H,2,11H2,1H3;1-8,18H,9H2;2H2,1H3;1H2. The number of anilines is 3. The van der Waals surface area contributed by atoms with Crippen LogP contribution in [0.4, 0.5) is 17.1 Å². The number of phenols is 1. The first-order chi connectivity index (χ1) is 34.1. The predicted molar refractivity (Wildman–Crippen MR) is 296 cm³/mol. The molecule has 6 aromatic carbocycles. The zero-order chi connectivity index (χ0) is 49.3. The number of rotatable bonds is 7. The zero-order valence-electron chi connectivity index (χ0n) is 38.5. The second-order valence-electron chi connectivity index (χ2n) is 15.8. The number of thiophene rings is 3. The van der Waals surface area contributed by atoms with Crippen LogP contribution >= 0.6 is 73.1 Å². The summed E-state index contributed by atoms with van der Waals surface area (Å²) in [7, 11) is 0. The Morgan fingerprint density at radius 1 is 0.500 bits per heavy atom. The van der Waals surface area contributed by atoms with E-state index in [9.17, 15) is 19.5 Å². The van der Waals surface area contributed by atoms with Crippen molar-refractivity contribution in [3.63, 3.8) is 0 Å². The minimum atomic E-state index is -0.0505. The fourth-order valence-corrected chi connectivity index (χ4v) is 10.7. The number of phenolic OH excluding ortho intramolecular Hbond substituents is 1. The summed E-state index contributed by atoms with van der Waals surface area (Å²) in [5.41, 5.74) is 7.95. The molecule has 0 spiro atoms. The molecule has 15 heteroatoms. The highest BCUT2D eigenvalue weighted by atomic mass is 79.9. The van der Waals surface area contributed by atoms with Crippen molar-refractivity contribution in [2.24, 2.45) is 0 Å². The van der Waals surface area contributed by atoms with Crippen molar-refractivity contribution in [2.75, 3.05) is 38.6 Å². The first-order valence-corrected chi connectivity index (χ1v) is 27.3. The molecule has 9 aromatic rings. The number of aromatic hydroxyl groups is 1. The highest BCUT2D eigenvalue weighted by Crippen LogP contribution is 2.36. The zero-order valence-corrected chi connectivity index (χ0v) is 44.0. The molecule has 3 aliphatic rings. The lowest BCUT2D eigenvalue weighted by Crippen LogP contribution is -2.22. The smallest absolute Gasteiger partial charge is 0.259 e. The van der Waals surface area contributed by atoms with E-state index < -0.39 is 0 Å². The molecule has 3 aromatic heterocycles. The number of ether oxygens (including phenoxy) is 2. The lowest BCUT2D eigenvalue weighted by atomic mass is 10.1. The van der Waals surface area contributed by atoms with Gasteiger partial charge in [-0.05, 0) is 172 Å². The Bertz CT molecular complexity index is 3170. The quantitative estimate of drug-likeness (QED) is 0.160. The molecule has 70 heavy (non-hydrogen) atoms. The highest BCUT2D eigenvalue weighted by molar-refractivity contribution is 9.09. The van der Waals surface area contributed by atoms with E-state index in [1.165, 1.54) is 24.9 Å². The summed E-state index contributed by atoms with van der Waals surface area (Å²) in [6.07, 6.45) is 0. The summed E-state index contributed by atoms with van der Waals surface area (Å²) in [6.45, 7) is 8.93. The molecule has 0 unspecified atom stereocenters. The van der Waals surface area contributed by atoms with Gasteiger partial charge in [0.15, 0.2) is 0 Å². The van der Waals surface area contributed by atoms with Gasteiger partial charge in [0.05, 0.1) is 38.2 Å². The molecule has 0 fully saturated rings. The van der Waals surface area contributed by atoms with Gasteiger partial charge in [-0.25, -0.2) is 0 Å². The van der Waals surface area contributed by atoms with Crippen molar-refractivity contribution in [3.05, 3.63) is 177 Å². The molecule has 358 valence electrons. The molecule has 0 atom stereocenters. The van der Waals surface area contributed by atoms with Crippen LogP contribution in [0.2, 0.25) is 0 Å². The van der Waals surface area contributed by atoms with Gasteiger partial charge in [-0.1, -0.05) is 41.1 Å². The van der Waals surface area contributed by atoms with E-state index in [4.69, 9.17) is 32.7 Å². The minimum Gasteiger partial charge on any atom is -0.508 e. The number of alkyl halides is 3. The Labute approximate surface area is 437 Å². The first-order valence-electron chi connectivity index (χ1n) is 22.5. The van der Waals surface area contributed by atoms with Crippen molar-refractivity contribution < 1.29 is 29.0 Å². The first kappa shape index (κ1) is 50.5. The Hall–Kier alpha value is -5.93. The van der Waals surface area contributed by atoms with Crippen LogP contribution in [-0.4, -0.2) is 46.7 Å². The molecule has 0 saturated carbocycles. The number of benzene rings is 6. The summed E-state index contributed by atoms with van der Waals surface area (Å²) < 4.78 is 14.7. The monoisotopic (exact) mass is 1090 g/mol. The third kappa shape index (κ3) is 11.2. The van der Waals surface area contributed by atoms with Crippen molar-refractivity contribution in [2.45, 2.75) is 40.4 Å². The third-order valence-electron chi connectivity index (χ3n) is 11.5. The van der Waals surface area contributed by atoms with Gasteiger partial charge in [0.25, 0.3) is 17.7 Å². The summed E-state index contributed by atoms with van der Waals surface area (Å²) >= 11 is 17.8. The van der Waals surface area contributed by atoms with Crippen LogP contribution in [0.25, 0.3) is 30.3 Å². The van der Waals surface area contributed by atoms with E-state index in [0.29, 0.717) is 38.4 Å². The second kappa shape index (κ2) is 23.3. The molecule has 3 aliphatic heterocycles. The molecule has 9 nitrogen and oxygen atoms in total. The molecule has 12 rings (SSSR count). The third-order valence-corrected chi connectivity index (χ3v) is 14.2. The van der Waals surface area contributed by atoms with E-state index in [2.05, 4.69) is 69.2 Å². The van der Waals surface area contributed by atoms with Crippen LogP contribution in [-0.2, 0) is 19.6 Å². The van der Waals surface area contributed by atoms with Crippen molar-refractivity contribution in [1.29, 1.82) is 0 Å². The number of hydrogen-bond donors (Lipinski definition) is 1. The predicted octanol–water partition coefficient (Wildman–Crippen LogP) is 15.5. The molecule has 0 radical (unpaired) electrons. The average Bonchev–Trinajstić information content (AvgIpc) is 4.25. The van der Waals surface area contributed by atoms with Gasteiger partial charge in [-0.15, -0.1) is 57.2 Å². The van der Waals surface area contributed by atoms with Crippen LogP contribution in [0.1, 0.15) is 68.5 Å². The van der Waals surface area contributed by atoms with Gasteiger partial charge >= 0.3 is 0 Å². The fraction of sp³-hybridized carbons (Fsp3) is 0.182.